The molecule has 3 nitrogen and oxygen atoms in total. The van der Waals surface area contributed by atoms with E-state index >= 15 is 0 Å². The average molecular weight is 199 g/mol. The number of pyridine rings is 1. The minimum Gasteiger partial charge on any atom is -0.387 e. The van der Waals surface area contributed by atoms with Crippen molar-refractivity contribution < 1.29 is 0 Å². The fraction of sp³-hybridized carbons (Fsp3) is 0.143. The van der Waals surface area contributed by atoms with Crippen molar-refractivity contribution in [3.8, 4) is 0 Å². The van der Waals surface area contributed by atoms with E-state index in [0.717, 1.165) is 5.03 Å². The Hall–Kier alpha value is -0.680. The summed E-state index contributed by atoms with van der Waals surface area (Å²) < 4.78 is 0. The Bertz CT molecular complexity index is 250. The van der Waals surface area contributed by atoms with Gasteiger partial charge in [-0.2, -0.15) is 0 Å². The molecule has 0 saturated carbocycles. The topological polar surface area (TPSA) is 62.8 Å². The molecule has 3 N–H and O–H groups in total. The van der Waals surface area contributed by atoms with Gasteiger partial charge in [0.2, 0.25) is 0 Å². The zero-order chi connectivity index (χ0) is 8.81. The summed E-state index contributed by atoms with van der Waals surface area (Å²) >= 11 is 0. The van der Waals surface area contributed by atoms with Gasteiger partial charge in [-0.15, -0.1) is 0 Å². The minimum atomic E-state index is 0.198. The third-order valence-corrected chi connectivity index (χ3v) is 3.17. The highest BCUT2D eigenvalue weighted by atomic mass is 33.1. The van der Waals surface area contributed by atoms with E-state index in [-0.39, 0.29) is 5.84 Å². The van der Waals surface area contributed by atoms with Crippen LogP contribution in [0.5, 0.6) is 0 Å². The molecule has 0 spiro atoms. The quantitative estimate of drug-likeness (QED) is 0.440. The van der Waals surface area contributed by atoms with Gasteiger partial charge in [-0.05, 0) is 22.9 Å². The van der Waals surface area contributed by atoms with E-state index in [0.29, 0.717) is 5.75 Å². The van der Waals surface area contributed by atoms with Gasteiger partial charge in [0.05, 0.1) is 5.75 Å². The molecule has 64 valence electrons. The molecule has 1 aromatic heterocycles. The maximum atomic E-state index is 6.98. The van der Waals surface area contributed by atoms with Gasteiger partial charge in [0, 0.05) is 6.20 Å². The maximum absolute atomic E-state index is 6.98. The second-order valence-corrected chi connectivity index (χ2v) is 4.36. The van der Waals surface area contributed by atoms with Crippen molar-refractivity contribution in [2.24, 2.45) is 5.73 Å². The van der Waals surface area contributed by atoms with Crippen LogP contribution in [0.2, 0.25) is 0 Å². The summed E-state index contributed by atoms with van der Waals surface area (Å²) in [5, 5.41) is 7.93. The van der Waals surface area contributed by atoms with Crippen molar-refractivity contribution in [2.75, 3.05) is 5.75 Å². The van der Waals surface area contributed by atoms with Crippen LogP contribution in [-0.2, 0) is 0 Å². The van der Waals surface area contributed by atoms with E-state index in [1.54, 1.807) is 6.20 Å². The summed E-state index contributed by atoms with van der Waals surface area (Å²) in [6, 6.07) is 5.74. The molecule has 5 heteroatoms. The molecule has 0 bridgehead atoms. The SMILES string of the molecule is N=C(N)CSSc1ccccn1. The Balaban J connectivity index is 2.29. The van der Waals surface area contributed by atoms with Crippen LogP contribution in [0.3, 0.4) is 0 Å². The molecule has 0 aliphatic heterocycles. The molecule has 1 aromatic rings. The van der Waals surface area contributed by atoms with Gasteiger partial charge in [-0.1, -0.05) is 16.9 Å². The van der Waals surface area contributed by atoms with Gasteiger partial charge >= 0.3 is 0 Å². The molecule has 0 unspecified atom stereocenters. The van der Waals surface area contributed by atoms with Crippen LogP contribution in [-0.4, -0.2) is 16.6 Å². The molecule has 0 aliphatic carbocycles. The zero-order valence-electron chi connectivity index (χ0n) is 6.36. The second-order valence-electron chi connectivity index (χ2n) is 2.04. The van der Waals surface area contributed by atoms with Crippen molar-refractivity contribution in [3.05, 3.63) is 24.4 Å². The molecule has 1 rings (SSSR count). The lowest BCUT2D eigenvalue weighted by molar-refractivity contribution is 1.14. The fourth-order valence-electron chi connectivity index (χ4n) is 0.550. The first-order valence-electron chi connectivity index (χ1n) is 3.32. The predicted octanol–water partition coefficient (Wildman–Crippen LogP) is 1.76. The summed E-state index contributed by atoms with van der Waals surface area (Å²) in [5.41, 5.74) is 5.19. The van der Waals surface area contributed by atoms with Crippen LogP contribution in [0.1, 0.15) is 0 Å². The van der Waals surface area contributed by atoms with Gasteiger partial charge in [0.15, 0.2) is 0 Å². The summed E-state index contributed by atoms with van der Waals surface area (Å²) in [4.78, 5) is 4.11. The number of rotatable bonds is 4. The number of aromatic nitrogens is 1. The molecular formula is C7H9N3S2. The number of hydrogen-bond donors (Lipinski definition) is 2. The highest BCUT2D eigenvalue weighted by Gasteiger charge is 1.95. The lowest BCUT2D eigenvalue weighted by Gasteiger charge is -1.97. The second kappa shape index (κ2) is 5.05. The number of amidine groups is 1. The first-order chi connectivity index (χ1) is 5.79. The van der Waals surface area contributed by atoms with Crippen LogP contribution in [0.15, 0.2) is 29.4 Å². The molecule has 1 heterocycles. The Labute approximate surface area is 79.1 Å². The van der Waals surface area contributed by atoms with Gasteiger partial charge < -0.3 is 5.73 Å². The summed E-state index contributed by atoms with van der Waals surface area (Å²) in [6.07, 6.45) is 1.75. The fourth-order valence-corrected chi connectivity index (χ4v) is 2.31. The van der Waals surface area contributed by atoms with Gasteiger partial charge in [0.25, 0.3) is 0 Å². The van der Waals surface area contributed by atoms with E-state index in [2.05, 4.69) is 4.98 Å². The van der Waals surface area contributed by atoms with E-state index < -0.39 is 0 Å². The smallest absolute Gasteiger partial charge is 0.106 e. The zero-order valence-corrected chi connectivity index (χ0v) is 7.99. The Morgan fingerprint density at radius 2 is 2.42 bits per heavy atom. The Morgan fingerprint density at radius 1 is 1.58 bits per heavy atom. The maximum Gasteiger partial charge on any atom is 0.106 e. The molecule has 0 radical (unpaired) electrons. The van der Waals surface area contributed by atoms with Crippen LogP contribution < -0.4 is 5.73 Å². The first-order valence-corrected chi connectivity index (χ1v) is 5.64. The summed E-state index contributed by atoms with van der Waals surface area (Å²) in [6.45, 7) is 0. The van der Waals surface area contributed by atoms with Gasteiger partial charge in [0.1, 0.15) is 10.9 Å². The van der Waals surface area contributed by atoms with Crippen LogP contribution in [0.25, 0.3) is 0 Å². The number of nitrogens with zero attached hydrogens (tertiary/aromatic N) is 1. The van der Waals surface area contributed by atoms with Gasteiger partial charge in [-0.25, -0.2) is 4.98 Å². The third-order valence-electron chi connectivity index (χ3n) is 0.996. The van der Waals surface area contributed by atoms with Crippen molar-refractivity contribution in [1.82, 2.24) is 4.98 Å². The van der Waals surface area contributed by atoms with E-state index in [1.807, 2.05) is 18.2 Å². The third kappa shape index (κ3) is 3.64. The van der Waals surface area contributed by atoms with Crippen molar-refractivity contribution in [1.29, 1.82) is 5.41 Å². The van der Waals surface area contributed by atoms with E-state index in [9.17, 15) is 0 Å². The van der Waals surface area contributed by atoms with Crippen molar-refractivity contribution in [2.45, 2.75) is 5.03 Å². The monoisotopic (exact) mass is 199 g/mol. The van der Waals surface area contributed by atoms with Crippen LogP contribution in [0, 0.1) is 5.41 Å². The molecule has 0 aliphatic rings. The van der Waals surface area contributed by atoms with E-state index in [4.69, 9.17) is 11.1 Å². The van der Waals surface area contributed by atoms with Crippen molar-refractivity contribution >= 4 is 27.4 Å². The molecule has 0 amide bonds. The predicted molar refractivity (Wildman–Crippen MR) is 54.5 cm³/mol. The number of hydrogen-bond acceptors (Lipinski definition) is 4. The Kier molecular flexibility index (Phi) is 3.96. The number of nitrogens with one attached hydrogen (secondary N) is 1. The lowest BCUT2D eigenvalue weighted by atomic mass is 10.5. The average Bonchev–Trinajstić information content (AvgIpc) is 2.05. The highest BCUT2D eigenvalue weighted by molar-refractivity contribution is 8.76. The lowest BCUT2D eigenvalue weighted by Crippen LogP contribution is -2.11. The van der Waals surface area contributed by atoms with Crippen molar-refractivity contribution in [3.63, 3.8) is 0 Å². The van der Waals surface area contributed by atoms with Crippen LogP contribution >= 0.6 is 21.6 Å². The molecule has 0 atom stereocenters. The highest BCUT2D eigenvalue weighted by Crippen LogP contribution is 2.28. The van der Waals surface area contributed by atoms with E-state index in [1.165, 1.54) is 21.6 Å². The molecule has 0 aromatic carbocycles. The minimum absolute atomic E-state index is 0.198. The summed E-state index contributed by atoms with van der Waals surface area (Å²) in [7, 11) is 3.05. The normalized spacial score (nSPS) is 9.67. The molecule has 0 saturated heterocycles. The number of nitrogens with two attached hydrogens (primary N) is 1. The summed E-state index contributed by atoms with van der Waals surface area (Å²) in [5.74, 6) is 0.741. The Morgan fingerprint density at radius 3 is 3.00 bits per heavy atom. The molecule has 12 heavy (non-hydrogen) atoms. The van der Waals surface area contributed by atoms with Gasteiger partial charge in [-0.3, -0.25) is 5.41 Å². The molecular weight excluding hydrogens is 190 g/mol. The molecule has 0 fully saturated rings. The largest absolute Gasteiger partial charge is 0.387 e. The standard InChI is InChI=1S/C7H9N3S2/c8-6(9)5-11-12-7-3-1-2-4-10-7/h1-4H,5H2,(H3,8,9). The van der Waals surface area contributed by atoms with Crippen LogP contribution in [0.4, 0.5) is 0 Å². The first kappa shape index (κ1) is 9.41.